The van der Waals surface area contributed by atoms with Gasteiger partial charge in [0, 0.05) is 13.2 Å². The molecule has 0 saturated heterocycles. The molecule has 2 atom stereocenters. The van der Waals surface area contributed by atoms with E-state index in [2.05, 4.69) is 41.5 Å². The monoisotopic (exact) mass is 286 g/mol. The van der Waals surface area contributed by atoms with Crippen molar-refractivity contribution in [2.45, 2.75) is 104 Å². The van der Waals surface area contributed by atoms with E-state index in [1.54, 1.807) is 0 Å². The van der Waals surface area contributed by atoms with Crippen molar-refractivity contribution in [1.82, 2.24) is 0 Å². The Kier molecular flexibility index (Phi) is 10.6. The maximum Gasteiger partial charge on any atom is 0.0940 e. The van der Waals surface area contributed by atoms with E-state index in [1.165, 1.54) is 12.8 Å². The molecule has 0 saturated carbocycles. The molecule has 0 radical (unpaired) electrons. The molecule has 0 heterocycles. The van der Waals surface area contributed by atoms with Crippen LogP contribution in [0.1, 0.15) is 92.9 Å². The van der Waals surface area contributed by atoms with E-state index in [4.69, 9.17) is 9.47 Å². The van der Waals surface area contributed by atoms with Gasteiger partial charge in [-0.05, 0) is 39.5 Å². The fourth-order valence-electron chi connectivity index (χ4n) is 2.82. The molecule has 0 aromatic heterocycles. The van der Waals surface area contributed by atoms with Crippen LogP contribution in [0.5, 0.6) is 0 Å². The summed E-state index contributed by atoms with van der Waals surface area (Å²) in [6.07, 6.45) is 9.05. The second-order valence-corrected chi connectivity index (χ2v) is 6.37. The average Bonchev–Trinajstić information content (AvgIpc) is 2.40. The molecule has 0 fully saturated rings. The van der Waals surface area contributed by atoms with Crippen molar-refractivity contribution in [1.29, 1.82) is 0 Å². The summed E-state index contributed by atoms with van der Waals surface area (Å²) >= 11 is 0. The third-order valence-electron chi connectivity index (χ3n) is 4.41. The third kappa shape index (κ3) is 6.13. The van der Waals surface area contributed by atoms with Gasteiger partial charge in [-0.3, -0.25) is 0 Å². The molecule has 0 bridgehead atoms. The van der Waals surface area contributed by atoms with E-state index in [1.807, 2.05) is 0 Å². The van der Waals surface area contributed by atoms with E-state index in [9.17, 15) is 0 Å². The van der Waals surface area contributed by atoms with Crippen LogP contribution >= 0.6 is 0 Å². The Morgan fingerprint density at radius 2 is 0.950 bits per heavy atom. The van der Waals surface area contributed by atoms with Crippen molar-refractivity contribution in [2.24, 2.45) is 0 Å². The van der Waals surface area contributed by atoms with E-state index >= 15 is 0 Å². The normalized spacial score (nSPS) is 17.7. The molecule has 0 aliphatic carbocycles. The minimum Gasteiger partial charge on any atom is -0.372 e. The van der Waals surface area contributed by atoms with Crippen molar-refractivity contribution in [3.05, 3.63) is 0 Å². The second kappa shape index (κ2) is 10.6. The molecular weight excluding hydrogens is 248 g/mol. The summed E-state index contributed by atoms with van der Waals surface area (Å²) in [6, 6.07) is 0. The lowest BCUT2D eigenvalue weighted by Gasteiger charge is -2.46. The van der Waals surface area contributed by atoms with E-state index in [0.29, 0.717) is 0 Å². The van der Waals surface area contributed by atoms with E-state index < -0.39 is 0 Å². The van der Waals surface area contributed by atoms with Gasteiger partial charge in [-0.25, -0.2) is 0 Å². The highest BCUT2D eigenvalue weighted by atomic mass is 16.6. The predicted molar refractivity (Wildman–Crippen MR) is 88.3 cm³/mol. The Morgan fingerprint density at radius 1 is 0.600 bits per heavy atom. The van der Waals surface area contributed by atoms with Crippen LogP contribution in [0.15, 0.2) is 0 Å². The zero-order valence-corrected chi connectivity index (χ0v) is 14.9. The molecule has 0 N–H and O–H groups in total. The SMILES string of the molecule is CCCCOC(C)(CCC)C(C)(CCC)OCCCC. The van der Waals surface area contributed by atoms with Crippen molar-refractivity contribution < 1.29 is 9.47 Å². The van der Waals surface area contributed by atoms with Crippen LogP contribution in [-0.2, 0) is 9.47 Å². The highest BCUT2D eigenvalue weighted by molar-refractivity contribution is 4.96. The number of ether oxygens (including phenoxy) is 2. The van der Waals surface area contributed by atoms with Crippen LogP contribution in [0.2, 0.25) is 0 Å². The molecule has 122 valence electrons. The van der Waals surface area contributed by atoms with Crippen LogP contribution < -0.4 is 0 Å². The Bertz CT molecular complexity index is 205. The molecule has 0 aliphatic rings. The maximum absolute atomic E-state index is 6.33. The minimum absolute atomic E-state index is 0.166. The first kappa shape index (κ1) is 19.9. The maximum atomic E-state index is 6.33. The largest absolute Gasteiger partial charge is 0.372 e. The van der Waals surface area contributed by atoms with Crippen molar-refractivity contribution in [3.8, 4) is 0 Å². The minimum atomic E-state index is -0.166. The van der Waals surface area contributed by atoms with E-state index in [-0.39, 0.29) is 11.2 Å². The van der Waals surface area contributed by atoms with Crippen LogP contribution in [-0.4, -0.2) is 24.4 Å². The molecule has 20 heavy (non-hydrogen) atoms. The zero-order chi connectivity index (χ0) is 15.5. The topological polar surface area (TPSA) is 18.5 Å². The highest BCUT2D eigenvalue weighted by Crippen LogP contribution is 2.38. The first-order chi connectivity index (χ1) is 9.49. The molecule has 0 rings (SSSR count). The predicted octanol–water partition coefficient (Wildman–Crippen LogP) is 5.74. The standard InChI is InChI=1S/C18H38O2/c1-7-11-15-19-17(5,13-9-3)18(6,14-10-4)20-16-12-8-2/h7-16H2,1-6H3. The molecule has 0 aliphatic heterocycles. The van der Waals surface area contributed by atoms with Crippen LogP contribution in [0.4, 0.5) is 0 Å². The van der Waals surface area contributed by atoms with Crippen LogP contribution in [0.3, 0.4) is 0 Å². The van der Waals surface area contributed by atoms with Gasteiger partial charge in [0.2, 0.25) is 0 Å². The molecular formula is C18H38O2. The average molecular weight is 286 g/mol. The van der Waals surface area contributed by atoms with Crippen molar-refractivity contribution in [2.75, 3.05) is 13.2 Å². The van der Waals surface area contributed by atoms with Crippen molar-refractivity contribution >= 4 is 0 Å². The highest BCUT2D eigenvalue weighted by Gasteiger charge is 2.45. The molecule has 0 spiro atoms. The third-order valence-corrected chi connectivity index (χ3v) is 4.41. The van der Waals surface area contributed by atoms with Gasteiger partial charge in [0.05, 0.1) is 11.2 Å². The zero-order valence-electron chi connectivity index (χ0n) is 14.9. The van der Waals surface area contributed by atoms with Gasteiger partial charge in [-0.1, -0.05) is 53.4 Å². The lowest BCUT2D eigenvalue weighted by atomic mass is 9.78. The summed E-state index contributed by atoms with van der Waals surface area (Å²) in [5.74, 6) is 0. The second-order valence-electron chi connectivity index (χ2n) is 6.37. The van der Waals surface area contributed by atoms with Gasteiger partial charge in [0.25, 0.3) is 0 Å². The summed E-state index contributed by atoms with van der Waals surface area (Å²) in [7, 11) is 0. The number of rotatable bonds is 13. The van der Waals surface area contributed by atoms with Crippen LogP contribution in [0.25, 0.3) is 0 Å². The van der Waals surface area contributed by atoms with Crippen LogP contribution in [0, 0.1) is 0 Å². The molecule has 0 aromatic carbocycles. The molecule has 2 nitrogen and oxygen atoms in total. The van der Waals surface area contributed by atoms with Gasteiger partial charge in [0.15, 0.2) is 0 Å². The Morgan fingerprint density at radius 3 is 1.20 bits per heavy atom. The molecule has 0 amide bonds. The summed E-state index contributed by atoms with van der Waals surface area (Å²) in [4.78, 5) is 0. The Labute approximate surface area is 127 Å². The molecule has 2 unspecified atom stereocenters. The van der Waals surface area contributed by atoms with Gasteiger partial charge >= 0.3 is 0 Å². The summed E-state index contributed by atoms with van der Waals surface area (Å²) in [5, 5.41) is 0. The lowest BCUT2D eigenvalue weighted by Crippen LogP contribution is -2.54. The van der Waals surface area contributed by atoms with Gasteiger partial charge in [-0.15, -0.1) is 0 Å². The smallest absolute Gasteiger partial charge is 0.0940 e. The van der Waals surface area contributed by atoms with Gasteiger partial charge in [0.1, 0.15) is 0 Å². The first-order valence-electron chi connectivity index (χ1n) is 8.77. The fourth-order valence-corrected chi connectivity index (χ4v) is 2.82. The first-order valence-corrected chi connectivity index (χ1v) is 8.77. The summed E-state index contributed by atoms with van der Waals surface area (Å²) in [5.41, 5.74) is -0.332. The number of hydrogen-bond acceptors (Lipinski definition) is 2. The Hall–Kier alpha value is -0.0800. The Balaban J connectivity index is 4.87. The molecule has 2 heteroatoms. The van der Waals surface area contributed by atoms with Gasteiger partial charge in [-0.2, -0.15) is 0 Å². The lowest BCUT2D eigenvalue weighted by molar-refractivity contribution is -0.201. The van der Waals surface area contributed by atoms with E-state index in [0.717, 1.165) is 51.7 Å². The quantitative estimate of drug-likeness (QED) is 0.402. The number of unbranched alkanes of at least 4 members (excludes halogenated alkanes) is 2. The summed E-state index contributed by atoms with van der Waals surface area (Å²) in [6.45, 7) is 15.1. The van der Waals surface area contributed by atoms with Gasteiger partial charge < -0.3 is 9.47 Å². The fraction of sp³-hybridized carbons (Fsp3) is 1.00. The van der Waals surface area contributed by atoms with Crippen molar-refractivity contribution in [3.63, 3.8) is 0 Å². The molecule has 0 aromatic rings. The summed E-state index contributed by atoms with van der Waals surface area (Å²) < 4.78 is 12.7. The number of hydrogen-bond donors (Lipinski definition) is 0.